The lowest BCUT2D eigenvalue weighted by Crippen LogP contribution is -2.44. The van der Waals surface area contributed by atoms with Gasteiger partial charge in [0.2, 0.25) is 0 Å². The molecule has 108 valence electrons. The fraction of sp³-hybridized carbons (Fsp3) is 0.727. The predicted octanol–water partition coefficient (Wildman–Crippen LogP) is -0.709. The minimum Gasteiger partial charge on any atom is -0.479 e. The van der Waals surface area contributed by atoms with Gasteiger partial charge in [0.15, 0.2) is 6.10 Å². The van der Waals surface area contributed by atoms with Crippen LogP contribution in [-0.4, -0.2) is 67.9 Å². The number of carbonyl (C=O) groups is 3. The Morgan fingerprint density at radius 2 is 2.11 bits per heavy atom. The van der Waals surface area contributed by atoms with Crippen LogP contribution in [0.25, 0.3) is 0 Å². The van der Waals surface area contributed by atoms with Crippen LogP contribution in [0.3, 0.4) is 0 Å². The standard InChI is InChI=1S/C11H18N2O6/c1-18-8(9(14)15)5-12-11(17)13-4-3-7(6-13)10(16)19-2/h7-8H,3-6H2,1-2H3,(H,12,17)(H,14,15). The van der Waals surface area contributed by atoms with Crippen molar-refractivity contribution in [3.8, 4) is 0 Å². The molecular weight excluding hydrogens is 256 g/mol. The third kappa shape index (κ3) is 4.09. The third-order valence-electron chi connectivity index (χ3n) is 3.01. The summed E-state index contributed by atoms with van der Waals surface area (Å²) < 4.78 is 9.31. The summed E-state index contributed by atoms with van der Waals surface area (Å²) in [6.45, 7) is 0.601. The SMILES string of the molecule is COC(=O)C1CCN(C(=O)NCC(OC)C(=O)O)C1. The highest BCUT2D eigenvalue weighted by Crippen LogP contribution is 2.17. The Labute approximate surface area is 110 Å². The minimum atomic E-state index is -1.14. The molecule has 1 saturated heterocycles. The molecule has 1 heterocycles. The summed E-state index contributed by atoms with van der Waals surface area (Å²) in [5, 5.41) is 11.2. The Bertz CT molecular complexity index is 359. The molecule has 2 atom stereocenters. The molecule has 1 fully saturated rings. The number of carboxylic acids is 1. The molecule has 0 aromatic rings. The van der Waals surface area contributed by atoms with E-state index >= 15 is 0 Å². The van der Waals surface area contributed by atoms with Crippen LogP contribution in [-0.2, 0) is 19.1 Å². The van der Waals surface area contributed by atoms with Gasteiger partial charge < -0.3 is 24.8 Å². The Balaban J connectivity index is 2.39. The van der Waals surface area contributed by atoms with Crippen LogP contribution in [0, 0.1) is 5.92 Å². The van der Waals surface area contributed by atoms with Gasteiger partial charge in [-0.1, -0.05) is 0 Å². The van der Waals surface area contributed by atoms with Crippen LogP contribution in [0.2, 0.25) is 0 Å². The van der Waals surface area contributed by atoms with Crippen molar-refractivity contribution in [2.45, 2.75) is 12.5 Å². The molecule has 2 N–H and O–H groups in total. The Morgan fingerprint density at radius 3 is 2.63 bits per heavy atom. The van der Waals surface area contributed by atoms with Crippen molar-refractivity contribution in [3.63, 3.8) is 0 Å². The zero-order valence-corrected chi connectivity index (χ0v) is 10.9. The van der Waals surface area contributed by atoms with Crippen LogP contribution in [0.5, 0.6) is 0 Å². The average molecular weight is 274 g/mol. The van der Waals surface area contributed by atoms with Gasteiger partial charge >= 0.3 is 18.0 Å². The summed E-state index contributed by atoms with van der Waals surface area (Å²) in [7, 11) is 2.56. The van der Waals surface area contributed by atoms with E-state index in [9.17, 15) is 14.4 Å². The molecule has 1 aliphatic rings. The second-order valence-electron chi connectivity index (χ2n) is 4.20. The summed E-state index contributed by atoms with van der Waals surface area (Å²) in [4.78, 5) is 35.2. The number of methoxy groups -OCH3 is 2. The van der Waals surface area contributed by atoms with Crippen LogP contribution < -0.4 is 5.32 Å². The van der Waals surface area contributed by atoms with E-state index in [0.717, 1.165) is 0 Å². The largest absolute Gasteiger partial charge is 0.479 e. The number of carbonyl (C=O) groups excluding carboxylic acids is 2. The molecule has 2 unspecified atom stereocenters. The maximum Gasteiger partial charge on any atom is 0.334 e. The number of amides is 2. The Hall–Kier alpha value is -1.83. The van der Waals surface area contributed by atoms with E-state index in [1.165, 1.54) is 19.1 Å². The Morgan fingerprint density at radius 1 is 1.42 bits per heavy atom. The molecule has 1 rings (SSSR count). The van der Waals surface area contributed by atoms with E-state index in [0.29, 0.717) is 13.0 Å². The number of nitrogens with zero attached hydrogens (tertiary/aromatic N) is 1. The van der Waals surface area contributed by atoms with Gasteiger partial charge in [-0.2, -0.15) is 0 Å². The third-order valence-corrected chi connectivity index (χ3v) is 3.01. The number of hydrogen-bond acceptors (Lipinski definition) is 5. The monoisotopic (exact) mass is 274 g/mol. The second kappa shape index (κ2) is 6.93. The first-order valence-corrected chi connectivity index (χ1v) is 5.85. The molecule has 19 heavy (non-hydrogen) atoms. The lowest BCUT2D eigenvalue weighted by Gasteiger charge is -2.18. The van der Waals surface area contributed by atoms with Crippen molar-refractivity contribution in [1.82, 2.24) is 10.2 Å². The lowest BCUT2D eigenvalue weighted by atomic mass is 10.1. The van der Waals surface area contributed by atoms with Crippen molar-refractivity contribution < 1.29 is 29.0 Å². The molecule has 2 amide bonds. The zero-order chi connectivity index (χ0) is 14.4. The van der Waals surface area contributed by atoms with Crippen LogP contribution in [0.1, 0.15) is 6.42 Å². The van der Waals surface area contributed by atoms with Crippen LogP contribution in [0.15, 0.2) is 0 Å². The summed E-state index contributed by atoms with van der Waals surface area (Å²) in [5.41, 5.74) is 0. The molecular formula is C11H18N2O6. The number of rotatable bonds is 5. The fourth-order valence-corrected chi connectivity index (χ4v) is 1.87. The minimum absolute atomic E-state index is 0.121. The van der Waals surface area contributed by atoms with Gasteiger partial charge in [-0.15, -0.1) is 0 Å². The number of esters is 1. The fourth-order valence-electron chi connectivity index (χ4n) is 1.87. The molecule has 0 aromatic carbocycles. The molecule has 0 aliphatic carbocycles. The normalized spacial score (nSPS) is 19.9. The van der Waals surface area contributed by atoms with Crippen molar-refractivity contribution in [2.24, 2.45) is 5.92 Å². The van der Waals surface area contributed by atoms with E-state index in [-0.39, 0.29) is 25.0 Å². The molecule has 0 aromatic heterocycles. The maximum atomic E-state index is 11.8. The second-order valence-corrected chi connectivity index (χ2v) is 4.20. The first kappa shape index (κ1) is 15.2. The highest BCUT2D eigenvalue weighted by Gasteiger charge is 2.32. The average Bonchev–Trinajstić information content (AvgIpc) is 2.87. The van der Waals surface area contributed by atoms with Gasteiger partial charge in [0.1, 0.15) is 0 Å². The molecule has 8 heteroatoms. The zero-order valence-electron chi connectivity index (χ0n) is 10.9. The topological polar surface area (TPSA) is 105 Å². The van der Waals surface area contributed by atoms with Gasteiger partial charge in [0, 0.05) is 20.2 Å². The quantitative estimate of drug-likeness (QED) is 0.642. The molecule has 0 saturated carbocycles. The van der Waals surface area contributed by atoms with Crippen LogP contribution >= 0.6 is 0 Å². The first-order valence-electron chi connectivity index (χ1n) is 5.85. The van der Waals surface area contributed by atoms with E-state index in [4.69, 9.17) is 9.84 Å². The Kier molecular flexibility index (Phi) is 5.56. The number of hydrogen-bond donors (Lipinski definition) is 2. The summed E-state index contributed by atoms with van der Waals surface area (Å²) in [5.74, 6) is -1.79. The van der Waals surface area contributed by atoms with Crippen molar-refractivity contribution in [2.75, 3.05) is 33.9 Å². The predicted molar refractivity (Wildman–Crippen MR) is 63.5 cm³/mol. The molecule has 0 radical (unpaired) electrons. The van der Waals surface area contributed by atoms with E-state index in [1.54, 1.807) is 0 Å². The molecule has 1 aliphatic heterocycles. The number of likely N-dealkylation sites (tertiary alicyclic amines) is 1. The van der Waals surface area contributed by atoms with Gasteiger partial charge in [0.05, 0.1) is 19.6 Å². The summed E-state index contributed by atoms with van der Waals surface area (Å²) in [6, 6.07) is -0.408. The number of ether oxygens (including phenoxy) is 2. The highest BCUT2D eigenvalue weighted by molar-refractivity contribution is 5.79. The molecule has 0 bridgehead atoms. The molecule has 0 spiro atoms. The first-order chi connectivity index (χ1) is 8.99. The van der Waals surface area contributed by atoms with Gasteiger partial charge in [-0.05, 0) is 6.42 Å². The van der Waals surface area contributed by atoms with Crippen molar-refractivity contribution in [3.05, 3.63) is 0 Å². The van der Waals surface area contributed by atoms with Gasteiger partial charge in [-0.3, -0.25) is 4.79 Å². The van der Waals surface area contributed by atoms with Crippen LogP contribution in [0.4, 0.5) is 4.79 Å². The smallest absolute Gasteiger partial charge is 0.334 e. The number of aliphatic carboxylic acids is 1. The highest BCUT2D eigenvalue weighted by atomic mass is 16.5. The molecule has 8 nitrogen and oxygen atoms in total. The van der Waals surface area contributed by atoms with E-state index in [2.05, 4.69) is 10.1 Å². The summed E-state index contributed by atoms with van der Waals surface area (Å²) in [6.07, 6.45) is -0.532. The van der Waals surface area contributed by atoms with E-state index in [1.807, 2.05) is 0 Å². The summed E-state index contributed by atoms with van der Waals surface area (Å²) >= 11 is 0. The van der Waals surface area contributed by atoms with Gasteiger partial charge in [0.25, 0.3) is 0 Å². The lowest BCUT2D eigenvalue weighted by molar-refractivity contribution is -0.148. The maximum absolute atomic E-state index is 11.8. The van der Waals surface area contributed by atoms with Crippen molar-refractivity contribution >= 4 is 18.0 Å². The number of urea groups is 1. The van der Waals surface area contributed by atoms with Crippen molar-refractivity contribution in [1.29, 1.82) is 0 Å². The van der Waals surface area contributed by atoms with Gasteiger partial charge in [-0.25, -0.2) is 9.59 Å². The van der Waals surface area contributed by atoms with E-state index < -0.39 is 18.1 Å². The number of carboxylic acid groups (broad SMARTS) is 1. The number of nitrogens with one attached hydrogen (secondary N) is 1.